The quantitative estimate of drug-likeness (QED) is 0.640. The van der Waals surface area contributed by atoms with Crippen molar-refractivity contribution < 1.29 is 14.3 Å². The van der Waals surface area contributed by atoms with Crippen molar-refractivity contribution in [3.63, 3.8) is 0 Å². The fourth-order valence-electron chi connectivity index (χ4n) is 1.78. The second-order valence-corrected chi connectivity index (χ2v) is 6.23. The molecule has 0 spiro atoms. The van der Waals surface area contributed by atoms with Gasteiger partial charge in [0.05, 0.1) is 40.0 Å². The largest absolute Gasteiger partial charge is 0.495 e. The van der Waals surface area contributed by atoms with Crippen LogP contribution in [0, 0.1) is 0 Å². The normalized spacial score (nSPS) is 10.5. The number of hydrogen-bond donors (Lipinski definition) is 1. The number of ether oxygens (including phenoxy) is 2. The van der Waals surface area contributed by atoms with Crippen LogP contribution in [0.25, 0.3) is 0 Å². The molecule has 0 saturated carbocycles. The smallest absolute Gasteiger partial charge is 0.276 e. The predicted molar refractivity (Wildman–Crippen MR) is 96.8 cm³/mol. The molecule has 2 aromatic rings. The maximum atomic E-state index is 12.5. The Labute approximate surface area is 162 Å². The summed E-state index contributed by atoms with van der Waals surface area (Å²) in [6.07, 6.45) is 0. The van der Waals surface area contributed by atoms with E-state index in [1.807, 2.05) is 0 Å². The summed E-state index contributed by atoms with van der Waals surface area (Å²) in [6.45, 7) is 0. The number of carbonyl (C=O) groups excluding carboxylic acids is 1. The number of halogens is 5. The molecule has 1 heterocycles. The third-order valence-electron chi connectivity index (χ3n) is 2.92. The van der Waals surface area contributed by atoms with E-state index in [-0.39, 0.29) is 25.9 Å². The molecule has 10 heteroatoms. The first-order valence-corrected chi connectivity index (χ1v) is 8.12. The van der Waals surface area contributed by atoms with Crippen molar-refractivity contribution in [3.8, 4) is 11.5 Å². The number of anilines is 1. The van der Waals surface area contributed by atoms with E-state index in [1.165, 1.54) is 26.4 Å². The van der Waals surface area contributed by atoms with Gasteiger partial charge < -0.3 is 14.8 Å². The third-order valence-corrected chi connectivity index (χ3v) is 4.89. The van der Waals surface area contributed by atoms with Crippen LogP contribution < -0.4 is 14.8 Å². The lowest BCUT2D eigenvalue weighted by Crippen LogP contribution is -2.15. The molecule has 0 saturated heterocycles. The number of nitrogens with zero attached hydrogens (tertiary/aromatic N) is 1. The number of amides is 1. The summed E-state index contributed by atoms with van der Waals surface area (Å²) in [6, 6.07) is 2.99. The molecular weight excluding hydrogens is 421 g/mol. The molecule has 1 N–H and O–H groups in total. The first kappa shape index (κ1) is 19.2. The van der Waals surface area contributed by atoms with Gasteiger partial charge in [-0.1, -0.05) is 58.0 Å². The maximum absolute atomic E-state index is 12.5. The fraction of sp³-hybridized carbons (Fsp3) is 0.143. The van der Waals surface area contributed by atoms with Crippen LogP contribution in [0.2, 0.25) is 25.2 Å². The minimum absolute atomic E-state index is 0.0365. The Morgan fingerprint density at radius 2 is 1.58 bits per heavy atom. The summed E-state index contributed by atoms with van der Waals surface area (Å²) in [7, 11) is 2.87. The second kappa shape index (κ2) is 7.85. The van der Waals surface area contributed by atoms with Crippen molar-refractivity contribution in [3.05, 3.63) is 43.1 Å². The highest BCUT2D eigenvalue weighted by Gasteiger charge is 2.22. The average molecular weight is 431 g/mol. The zero-order chi connectivity index (χ0) is 18.0. The molecule has 0 bridgehead atoms. The van der Waals surface area contributed by atoms with Gasteiger partial charge in [0.15, 0.2) is 0 Å². The van der Waals surface area contributed by atoms with Crippen molar-refractivity contribution in [2.45, 2.75) is 0 Å². The fourth-order valence-corrected chi connectivity index (χ4v) is 2.82. The van der Waals surface area contributed by atoms with Crippen LogP contribution in [0.1, 0.15) is 10.5 Å². The summed E-state index contributed by atoms with van der Waals surface area (Å²) < 4.78 is 10.3. The Balaban J connectivity index is 2.44. The van der Waals surface area contributed by atoms with E-state index >= 15 is 0 Å². The molecule has 0 aliphatic heterocycles. The standard InChI is InChI=1S/C14H9Cl5N2O3/c1-23-7-4-6(8(24-2)3-5(7)15)20-14(22)12-10(17)9(16)11(18)13(19)21-12/h3-4H,1-2H3,(H,20,22). The number of carbonyl (C=O) groups is 1. The first-order chi connectivity index (χ1) is 11.3. The van der Waals surface area contributed by atoms with E-state index in [1.54, 1.807) is 0 Å². The van der Waals surface area contributed by atoms with Crippen molar-refractivity contribution in [1.82, 2.24) is 4.98 Å². The Morgan fingerprint density at radius 1 is 0.958 bits per heavy atom. The van der Waals surface area contributed by atoms with Crippen molar-refractivity contribution in [1.29, 1.82) is 0 Å². The van der Waals surface area contributed by atoms with Gasteiger partial charge in [0.25, 0.3) is 5.91 Å². The number of nitrogens with one attached hydrogen (secondary N) is 1. The summed E-state index contributed by atoms with van der Waals surface area (Å²) in [5, 5.41) is 2.54. The molecule has 0 fully saturated rings. The molecule has 0 atom stereocenters. The van der Waals surface area contributed by atoms with Crippen molar-refractivity contribution >= 4 is 69.6 Å². The van der Waals surface area contributed by atoms with Crippen LogP contribution >= 0.6 is 58.0 Å². The second-order valence-electron chi connectivity index (χ2n) is 4.33. The van der Waals surface area contributed by atoms with Gasteiger partial charge in [-0.15, -0.1) is 0 Å². The highest BCUT2D eigenvalue weighted by molar-refractivity contribution is 6.52. The molecule has 0 aliphatic carbocycles. The number of hydrogen-bond acceptors (Lipinski definition) is 4. The molecule has 1 aromatic heterocycles. The van der Waals surface area contributed by atoms with Crippen molar-refractivity contribution in [2.75, 3.05) is 19.5 Å². The Bertz CT molecular complexity index is 814. The third kappa shape index (κ3) is 3.76. The summed E-state index contributed by atoms with van der Waals surface area (Å²) in [5.41, 5.74) is 0.107. The maximum Gasteiger partial charge on any atom is 0.276 e. The van der Waals surface area contributed by atoms with E-state index in [0.29, 0.717) is 22.2 Å². The molecule has 1 amide bonds. The summed E-state index contributed by atoms with van der Waals surface area (Å²) >= 11 is 29.6. The molecule has 2 rings (SSSR count). The lowest BCUT2D eigenvalue weighted by molar-refractivity contribution is 0.102. The van der Waals surface area contributed by atoms with Gasteiger partial charge in [0, 0.05) is 12.1 Å². The van der Waals surface area contributed by atoms with Crippen LogP contribution in [0.15, 0.2) is 12.1 Å². The molecule has 0 aliphatic rings. The lowest BCUT2D eigenvalue weighted by Gasteiger charge is -2.14. The van der Waals surface area contributed by atoms with Gasteiger partial charge in [-0.05, 0) is 0 Å². The number of rotatable bonds is 4. The Morgan fingerprint density at radius 3 is 2.17 bits per heavy atom. The van der Waals surface area contributed by atoms with E-state index in [4.69, 9.17) is 67.5 Å². The van der Waals surface area contributed by atoms with Gasteiger partial charge in [-0.2, -0.15) is 0 Å². The Hall–Kier alpha value is -1.11. The number of methoxy groups -OCH3 is 2. The van der Waals surface area contributed by atoms with E-state index in [2.05, 4.69) is 10.3 Å². The number of aromatic nitrogens is 1. The zero-order valence-electron chi connectivity index (χ0n) is 12.2. The average Bonchev–Trinajstić information content (AvgIpc) is 2.57. The first-order valence-electron chi connectivity index (χ1n) is 6.23. The highest BCUT2D eigenvalue weighted by atomic mass is 35.5. The molecule has 1 aromatic carbocycles. The number of benzene rings is 1. The molecule has 5 nitrogen and oxygen atoms in total. The molecule has 24 heavy (non-hydrogen) atoms. The molecule has 128 valence electrons. The monoisotopic (exact) mass is 428 g/mol. The SMILES string of the molecule is COc1cc(NC(=O)c2nc(Cl)c(Cl)c(Cl)c2Cl)c(OC)cc1Cl. The van der Waals surface area contributed by atoms with E-state index < -0.39 is 5.91 Å². The molecule has 0 unspecified atom stereocenters. The topological polar surface area (TPSA) is 60.5 Å². The molecular formula is C14H9Cl5N2O3. The van der Waals surface area contributed by atoms with Crippen LogP contribution in [0.3, 0.4) is 0 Å². The number of pyridine rings is 1. The van der Waals surface area contributed by atoms with Gasteiger partial charge >= 0.3 is 0 Å². The van der Waals surface area contributed by atoms with E-state index in [9.17, 15) is 4.79 Å². The highest BCUT2D eigenvalue weighted by Crippen LogP contribution is 2.38. The van der Waals surface area contributed by atoms with Crippen LogP contribution in [0.5, 0.6) is 11.5 Å². The zero-order valence-corrected chi connectivity index (χ0v) is 16.0. The van der Waals surface area contributed by atoms with Gasteiger partial charge in [-0.25, -0.2) is 4.98 Å². The van der Waals surface area contributed by atoms with Gasteiger partial charge in [0.2, 0.25) is 0 Å². The van der Waals surface area contributed by atoms with E-state index in [0.717, 1.165) is 0 Å². The lowest BCUT2D eigenvalue weighted by atomic mass is 10.2. The summed E-state index contributed by atoms with van der Waals surface area (Å²) in [4.78, 5) is 16.3. The summed E-state index contributed by atoms with van der Waals surface area (Å²) in [5.74, 6) is -0.00133. The predicted octanol–water partition coefficient (Wildman–Crippen LogP) is 5.62. The molecule has 0 radical (unpaired) electrons. The van der Waals surface area contributed by atoms with Crippen LogP contribution in [0.4, 0.5) is 5.69 Å². The van der Waals surface area contributed by atoms with Gasteiger partial charge in [0.1, 0.15) is 22.3 Å². The van der Waals surface area contributed by atoms with Crippen molar-refractivity contribution in [2.24, 2.45) is 0 Å². The van der Waals surface area contributed by atoms with Gasteiger partial charge in [-0.3, -0.25) is 4.79 Å². The Kier molecular flexibility index (Phi) is 6.28. The van der Waals surface area contributed by atoms with Crippen LogP contribution in [-0.2, 0) is 0 Å². The minimum atomic E-state index is -0.664. The van der Waals surface area contributed by atoms with Crippen LogP contribution in [-0.4, -0.2) is 25.1 Å². The minimum Gasteiger partial charge on any atom is -0.495 e.